The average Bonchev–Trinajstić information content (AvgIpc) is 2.86. The summed E-state index contributed by atoms with van der Waals surface area (Å²) in [6.07, 6.45) is -4.39. The largest absolute Gasteiger partial charge is 0.416 e. The van der Waals surface area contributed by atoms with Gasteiger partial charge in [0.15, 0.2) is 0 Å². The van der Waals surface area contributed by atoms with Crippen LogP contribution in [0.25, 0.3) is 0 Å². The van der Waals surface area contributed by atoms with Gasteiger partial charge in [-0.1, -0.05) is 37.3 Å². The molecule has 4 nitrogen and oxygen atoms in total. The summed E-state index contributed by atoms with van der Waals surface area (Å²) in [7, 11) is 0. The van der Waals surface area contributed by atoms with Crippen LogP contribution >= 0.6 is 11.3 Å². The van der Waals surface area contributed by atoms with Gasteiger partial charge in [-0.2, -0.15) is 13.2 Å². The maximum atomic E-state index is 12.4. The van der Waals surface area contributed by atoms with Crippen LogP contribution in [0.3, 0.4) is 0 Å². The van der Waals surface area contributed by atoms with Crippen LogP contribution in [0.15, 0.2) is 24.3 Å². The number of aromatic nitrogens is 2. The van der Waals surface area contributed by atoms with E-state index < -0.39 is 11.7 Å². The van der Waals surface area contributed by atoms with Crippen molar-refractivity contribution in [2.24, 2.45) is 0 Å². The summed E-state index contributed by atoms with van der Waals surface area (Å²) in [5.41, 5.74) is -0.235. The SMILES string of the molecule is CC(C)c1nnc(NC(=O)Cc2ccc(C(F)(F)F)cc2)s1. The lowest BCUT2D eigenvalue weighted by molar-refractivity contribution is -0.137. The van der Waals surface area contributed by atoms with Crippen molar-refractivity contribution in [2.45, 2.75) is 32.4 Å². The van der Waals surface area contributed by atoms with Crippen molar-refractivity contribution in [1.82, 2.24) is 10.2 Å². The first-order valence-electron chi connectivity index (χ1n) is 6.55. The highest BCUT2D eigenvalue weighted by molar-refractivity contribution is 7.15. The summed E-state index contributed by atoms with van der Waals surface area (Å²) in [6, 6.07) is 4.51. The molecule has 0 spiro atoms. The summed E-state index contributed by atoms with van der Waals surface area (Å²) < 4.78 is 37.3. The smallest absolute Gasteiger partial charge is 0.300 e. The fourth-order valence-corrected chi connectivity index (χ4v) is 2.44. The number of nitrogens with zero attached hydrogens (tertiary/aromatic N) is 2. The average molecular weight is 329 g/mol. The Hall–Kier alpha value is -1.96. The van der Waals surface area contributed by atoms with Crippen molar-refractivity contribution in [3.8, 4) is 0 Å². The molecule has 1 aromatic heterocycles. The molecule has 0 atom stereocenters. The molecule has 1 heterocycles. The Morgan fingerprint density at radius 1 is 1.23 bits per heavy atom. The Bertz CT molecular complexity index is 650. The topological polar surface area (TPSA) is 54.9 Å². The maximum absolute atomic E-state index is 12.4. The minimum Gasteiger partial charge on any atom is -0.300 e. The van der Waals surface area contributed by atoms with Crippen molar-refractivity contribution in [3.05, 3.63) is 40.4 Å². The van der Waals surface area contributed by atoms with Crippen LogP contribution in [0.5, 0.6) is 0 Å². The molecule has 1 aromatic carbocycles. The molecule has 0 aliphatic carbocycles. The zero-order valence-electron chi connectivity index (χ0n) is 11.9. The Labute approximate surface area is 129 Å². The van der Waals surface area contributed by atoms with E-state index in [1.165, 1.54) is 23.5 Å². The van der Waals surface area contributed by atoms with E-state index >= 15 is 0 Å². The van der Waals surface area contributed by atoms with Crippen molar-refractivity contribution in [2.75, 3.05) is 5.32 Å². The summed E-state index contributed by atoms with van der Waals surface area (Å²) in [5.74, 6) is -0.121. The third-order valence-corrected chi connectivity index (χ3v) is 3.97. The Kier molecular flexibility index (Phi) is 4.80. The van der Waals surface area contributed by atoms with Crippen molar-refractivity contribution < 1.29 is 18.0 Å². The van der Waals surface area contributed by atoms with Crippen LogP contribution in [0.2, 0.25) is 0 Å². The highest BCUT2D eigenvalue weighted by atomic mass is 32.1. The standard InChI is InChI=1S/C14H14F3N3OS/c1-8(2)12-19-20-13(22-12)18-11(21)7-9-3-5-10(6-4-9)14(15,16)17/h3-6,8H,7H2,1-2H3,(H,18,20,21). The third kappa shape index (κ3) is 4.27. The molecule has 118 valence electrons. The molecular formula is C14H14F3N3OS. The van der Waals surface area contributed by atoms with Crippen molar-refractivity contribution >= 4 is 22.4 Å². The molecule has 0 saturated carbocycles. The molecule has 0 aliphatic heterocycles. The second kappa shape index (κ2) is 6.43. The zero-order valence-corrected chi connectivity index (χ0v) is 12.8. The molecule has 0 unspecified atom stereocenters. The van der Waals surface area contributed by atoms with Gasteiger partial charge in [0.2, 0.25) is 11.0 Å². The number of halogens is 3. The molecule has 0 aliphatic rings. The zero-order chi connectivity index (χ0) is 16.3. The summed E-state index contributed by atoms with van der Waals surface area (Å²) >= 11 is 1.28. The van der Waals surface area contributed by atoms with Gasteiger partial charge in [0.25, 0.3) is 0 Å². The number of alkyl halides is 3. The van der Waals surface area contributed by atoms with Gasteiger partial charge < -0.3 is 5.32 Å². The predicted molar refractivity (Wildman–Crippen MR) is 77.8 cm³/mol. The van der Waals surface area contributed by atoms with Crippen molar-refractivity contribution in [1.29, 1.82) is 0 Å². The van der Waals surface area contributed by atoms with E-state index in [0.29, 0.717) is 10.7 Å². The van der Waals surface area contributed by atoms with E-state index in [2.05, 4.69) is 15.5 Å². The number of anilines is 1. The normalized spacial score (nSPS) is 11.7. The van der Waals surface area contributed by atoms with E-state index in [4.69, 9.17) is 0 Å². The van der Waals surface area contributed by atoms with Crippen LogP contribution in [0.1, 0.15) is 35.9 Å². The number of rotatable bonds is 4. The number of amides is 1. The highest BCUT2D eigenvalue weighted by Gasteiger charge is 2.29. The molecule has 0 radical (unpaired) electrons. The Morgan fingerprint density at radius 3 is 2.36 bits per heavy atom. The first-order valence-corrected chi connectivity index (χ1v) is 7.36. The molecule has 2 aromatic rings. The van der Waals surface area contributed by atoms with Gasteiger partial charge in [0, 0.05) is 5.92 Å². The van der Waals surface area contributed by atoms with E-state index in [-0.39, 0.29) is 18.2 Å². The second-order valence-corrected chi connectivity index (χ2v) is 6.03. The summed E-state index contributed by atoms with van der Waals surface area (Å²) in [6.45, 7) is 3.93. The third-order valence-electron chi connectivity index (χ3n) is 2.83. The van der Waals surface area contributed by atoms with Crippen LogP contribution in [0.4, 0.5) is 18.3 Å². The lowest BCUT2D eigenvalue weighted by atomic mass is 10.1. The minimum absolute atomic E-state index is 0.0191. The molecular weight excluding hydrogens is 315 g/mol. The van der Waals surface area contributed by atoms with Gasteiger partial charge in [0.1, 0.15) is 5.01 Å². The minimum atomic E-state index is -4.37. The van der Waals surface area contributed by atoms with Gasteiger partial charge in [-0.05, 0) is 17.7 Å². The van der Waals surface area contributed by atoms with Crippen LogP contribution in [-0.4, -0.2) is 16.1 Å². The van der Waals surface area contributed by atoms with E-state index in [1.807, 2.05) is 13.8 Å². The van der Waals surface area contributed by atoms with E-state index in [9.17, 15) is 18.0 Å². The molecule has 22 heavy (non-hydrogen) atoms. The quantitative estimate of drug-likeness (QED) is 0.926. The molecule has 2 rings (SSSR count). The fraction of sp³-hybridized carbons (Fsp3) is 0.357. The summed E-state index contributed by atoms with van der Waals surface area (Å²) in [4.78, 5) is 11.8. The number of hydrogen-bond donors (Lipinski definition) is 1. The summed E-state index contributed by atoms with van der Waals surface area (Å²) in [5, 5.41) is 11.6. The van der Waals surface area contributed by atoms with Gasteiger partial charge in [0.05, 0.1) is 12.0 Å². The number of hydrogen-bond acceptors (Lipinski definition) is 4. The predicted octanol–water partition coefficient (Wildman–Crippen LogP) is 3.86. The number of benzene rings is 1. The molecule has 0 bridgehead atoms. The number of carbonyl (C=O) groups is 1. The van der Waals surface area contributed by atoms with Crippen molar-refractivity contribution in [3.63, 3.8) is 0 Å². The van der Waals surface area contributed by atoms with Crippen LogP contribution in [-0.2, 0) is 17.4 Å². The molecule has 1 N–H and O–H groups in total. The molecule has 1 amide bonds. The van der Waals surface area contributed by atoms with Crippen LogP contribution in [0, 0.1) is 0 Å². The lowest BCUT2D eigenvalue weighted by Gasteiger charge is -2.07. The lowest BCUT2D eigenvalue weighted by Crippen LogP contribution is -2.14. The van der Waals surface area contributed by atoms with Gasteiger partial charge in [-0.15, -0.1) is 10.2 Å². The first kappa shape index (κ1) is 16.4. The van der Waals surface area contributed by atoms with Gasteiger partial charge in [-0.25, -0.2) is 0 Å². The Balaban J connectivity index is 1.96. The molecule has 8 heteroatoms. The number of carbonyl (C=O) groups excluding carboxylic acids is 1. The van der Waals surface area contributed by atoms with Gasteiger partial charge in [-0.3, -0.25) is 4.79 Å². The van der Waals surface area contributed by atoms with E-state index in [0.717, 1.165) is 17.1 Å². The van der Waals surface area contributed by atoms with Crippen LogP contribution < -0.4 is 5.32 Å². The monoisotopic (exact) mass is 329 g/mol. The molecule has 0 saturated heterocycles. The second-order valence-electron chi connectivity index (χ2n) is 5.02. The Morgan fingerprint density at radius 2 is 1.86 bits per heavy atom. The number of nitrogens with one attached hydrogen (secondary N) is 1. The van der Waals surface area contributed by atoms with E-state index in [1.54, 1.807) is 0 Å². The first-order chi connectivity index (χ1) is 10.3. The molecule has 0 fully saturated rings. The highest BCUT2D eigenvalue weighted by Crippen LogP contribution is 2.29. The fourth-order valence-electron chi connectivity index (χ4n) is 1.68. The van der Waals surface area contributed by atoms with Gasteiger partial charge >= 0.3 is 6.18 Å². The maximum Gasteiger partial charge on any atom is 0.416 e.